The van der Waals surface area contributed by atoms with E-state index >= 15 is 0 Å². The van der Waals surface area contributed by atoms with Crippen molar-refractivity contribution in [1.29, 1.82) is 10.7 Å². The number of amides is 2. The van der Waals surface area contributed by atoms with E-state index in [1.165, 1.54) is 17.0 Å². The fourth-order valence-electron chi connectivity index (χ4n) is 2.96. The highest BCUT2D eigenvalue weighted by Gasteiger charge is 2.39. The van der Waals surface area contributed by atoms with E-state index in [2.05, 4.69) is 5.32 Å². The zero-order valence-corrected chi connectivity index (χ0v) is 15.3. The van der Waals surface area contributed by atoms with Crippen molar-refractivity contribution in [2.45, 2.75) is 12.2 Å². The van der Waals surface area contributed by atoms with Gasteiger partial charge in [-0.2, -0.15) is 5.26 Å². The number of hydrogen-bond donors (Lipinski definition) is 4. The molecular formula is C20H19N5O4. The van der Waals surface area contributed by atoms with Crippen LogP contribution in [-0.2, 0) is 14.3 Å². The Morgan fingerprint density at radius 1 is 1.31 bits per heavy atom. The molecule has 0 aliphatic carbocycles. The molecule has 0 aromatic heterocycles. The van der Waals surface area contributed by atoms with E-state index in [0.29, 0.717) is 22.5 Å². The molecule has 148 valence electrons. The van der Waals surface area contributed by atoms with Crippen molar-refractivity contribution in [3.8, 4) is 6.07 Å². The Hall–Kier alpha value is -3.74. The third kappa shape index (κ3) is 4.24. The smallest absolute Gasteiger partial charge is 0.259 e. The van der Waals surface area contributed by atoms with Crippen LogP contribution in [-0.4, -0.2) is 48.1 Å². The molecule has 2 atom stereocenters. The number of hydrogen-bond acceptors (Lipinski definition) is 6. The molecule has 0 spiro atoms. The molecule has 2 aromatic rings. The maximum atomic E-state index is 12.8. The lowest BCUT2D eigenvalue weighted by molar-refractivity contribution is -0.150. The third-order valence-corrected chi connectivity index (χ3v) is 4.46. The Kier molecular flexibility index (Phi) is 5.87. The number of amidine groups is 1. The van der Waals surface area contributed by atoms with Gasteiger partial charge in [0.05, 0.1) is 17.9 Å². The van der Waals surface area contributed by atoms with Gasteiger partial charge >= 0.3 is 0 Å². The SMILES string of the molecule is N#Cc1ccccc1N1CCOC(C(O)C(=O)Nc2ccc(C(=N)N)cc2)C1=O. The average Bonchev–Trinajstić information content (AvgIpc) is 2.73. The molecule has 1 saturated heterocycles. The summed E-state index contributed by atoms with van der Waals surface area (Å²) in [4.78, 5) is 26.6. The number of ether oxygens (including phenoxy) is 1. The summed E-state index contributed by atoms with van der Waals surface area (Å²) in [5.41, 5.74) is 6.96. The van der Waals surface area contributed by atoms with Crippen molar-refractivity contribution >= 4 is 29.0 Å². The second-order valence-electron chi connectivity index (χ2n) is 6.34. The van der Waals surface area contributed by atoms with Crippen LogP contribution in [0, 0.1) is 16.7 Å². The van der Waals surface area contributed by atoms with E-state index in [1.54, 1.807) is 36.4 Å². The molecule has 0 bridgehead atoms. The van der Waals surface area contributed by atoms with Gasteiger partial charge in [-0.25, -0.2) is 0 Å². The summed E-state index contributed by atoms with van der Waals surface area (Å²) in [6.07, 6.45) is -3.14. The number of benzene rings is 2. The number of nitrogens with one attached hydrogen (secondary N) is 2. The molecule has 1 heterocycles. The van der Waals surface area contributed by atoms with E-state index in [0.717, 1.165) is 0 Å². The van der Waals surface area contributed by atoms with Gasteiger partial charge in [-0.1, -0.05) is 12.1 Å². The zero-order chi connectivity index (χ0) is 21.0. The Morgan fingerprint density at radius 2 is 2.00 bits per heavy atom. The number of carbonyl (C=O) groups is 2. The lowest BCUT2D eigenvalue weighted by atomic mass is 10.1. The highest BCUT2D eigenvalue weighted by Crippen LogP contribution is 2.24. The van der Waals surface area contributed by atoms with Gasteiger partial charge in [0.1, 0.15) is 11.9 Å². The number of para-hydroxylation sites is 1. The number of aliphatic hydroxyl groups is 1. The molecule has 0 saturated carbocycles. The predicted octanol–water partition coefficient (Wildman–Crippen LogP) is 0.574. The minimum atomic E-state index is -1.74. The predicted molar refractivity (Wildman–Crippen MR) is 105 cm³/mol. The van der Waals surface area contributed by atoms with Gasteiger partial charge in [0.25, 0.3) is 11.8 Å². The number of nitriles is 1. The number of nitrogens with zero attached hydrogens (tertiary/aromatic N) is 2. The quantitative estimate of drug-likeness (QED) is 0.430. The van der Waals surface area contributed by atoms with Crippen LogP contribution in [0.3, 0.4) is 0 Å². The van der Waals surface area contributed by atoms with Crippen molar-refractivity contribution < 1.29 is 19.4 Å². The summed E-state index contributed by atoms with van der Waals surface area (Å²) in [7, 11) is 0. The summed E-state index contributed by atoms with van der Waals surface area (Å²) >= 11 is 0. The van der Waals surface area contributed by atoms with E-state index in [4.69, 9.17) is 15.9 Å². The molecule has 1 fully saturated rings. The highest BCUT2D eigenvalue weighted by molar-refractivity contribution is 6.04. The molecule has 1 aliphatic heterocycles. The Balaban J connectivity index is 1.73. The molecule has 9 heteroatoms. The van der Waals surface area contributed by atoms with Crippen LogP contribution in [0.5, 0.6) is 0 Å². The molecule has 29 heavy (non-hydrogen) atoms. The first-order valence-corrected chi connectivity index (χ1v) is 8.78. The largest absolute Gasteiger partial charge is 0.384 e. The monoisotopic (exact) mass is 393 g/mol. The Labute approximate surface area is 166 Å². The maximum absolute atomic E-state index is 12.8. The Bertz CT molecular complexity index is 983. The first kappa shape index (κ1) is 20.0. The number of nitrogen functional groups attached to an aromatic ring is 1. The molecule has 2 aromatic carbocycles. The van der Waals surface area contributed by atoms with Crippen molar-refractivity contribution in [3.63, 3.8) is 0 Å². The fraction of sp³-hybridized carbons (Fsp3) is 0.200. The molecular weight excluding hydrogens is 374 g/mol. The van der Waals surface area contributed by atoms with Crippen LogP contribution in [0.15, 0.2) is 48.5 Å². The molecule has 9 nitrogen and oxygen atoms in total. The van der Waals surface area contributed by atoms with Gasteiger partial charge < -0.3 is 25.8 Å². The maximum Gasteiger partial charge on any atom is 0.259 e. The van der Waals surface area contributed by atoms with Crippen LogP contribution in [0.25, 0.3) is 0 Å². The van der Waals surface area contributed by atoms with Crippen molar-refractivity contribution in [2.75, 3.05) is 23.4 Å². The summed E-state index contributed by atoms with van der Waals surface area (Å²) in [5.74, 6) is -1.52. The standard InChI is InChI=1S/C20H19N5O4/c21-11-13-3-1-2-4-15(13)25-9-10-29-17(20(25)28)16(26)19(27)24-14-7-5-12(6-8-14)18(22)23/h1-8,16-17,26H,9-10H2,(H3,22,23)(H,24,27). The number of anilines is 2. The van der Waals surface area contributed by atoms with Crippen LogP contribution in [0.1, 0.15) is 11.1 Å². The van der Waals surface area contributed by atoms with Crippen LogP contribution in [0.2, 0.25) is 0 Å². The van der Waals surface area contributed by atoms with Gasteiger partial charge in [-0.3, -0.25) is 15.0 Å². The van der Waals surface area contributed by atoms with Gasteiger partial charge in [0, 0.05) is 17.8 Å². The van der Waals surface area contributed by atoms with Crippen LogP contribution in [0.4, 0.5) is 11.4 Å². The summed E-state index contributed by atoms with van der Waals surface area (Å²) in [6.45, 7) is 0.308. The van der Waals surface area contributed by atoms with Crippen LogP contribution < -0.4 is 16.0 Å². The summed E-state index contributed by atoms with van der Waals surface area (Å²) in [5, 5.41) is 29.5. The zero-order valence-electron chi connectivity index (χ0n) is 15.3. The first-order valence-electron chi connectivity index (χ1n) is 8.78. The first-order chi connectivity index (χ1) is 13.9. The normalized spacial score (nSPS) is 17.3. The summed E-state index contributed by atoms with van der Waals surface area (Å²) in [6, 6.07) is 14.8. The number of carbonyl (C=O) groups excluding carboxylic acids is 2. The topological polar surface area (TPSA) is 153 Å². The van der Waals surface area contributed by atoms with Gasteiger partial charge in [-0.05, 0) is 36.4 Å². The fourth-order valence-corrected chi connectivity index (χ4v) is 2.96. The van der Waals surface area contributed by atoms with Gasteiger partial charge in [0.2, 0.25) is 0 Å². The van der Waals surface area contributed by atoms with E-state index in [1.807, 2.05) is 6.07 Å². The number of nitrogens with two attached hydrogens (primary N) is 1. The lowest BCUT2D eigenvalue weighted by Gasteiger charge is -2.34. The third-order valence-electron chi connectivity index (χ3n) is 4.46. The lowest BCUT2D eigenvalue weighted by Crippen LogP contribution is -2.55. The van der Waals surface area contributed by atoms with Crippen molar-refractivity contribution in [2.24, 2.45) is 5.73 Å². The molecule has 2 amide bonds. The average molecular weight is 393 g/mol. The second kappa shape index (κ2) is 8.52. The molecule has 0 radical (unpaired) electrons. The van der Waals surface area contributed by atoms with E-state index in [9.17, 15) is 20.0 Å². The van der Waals surface area contributed by atoms with Crippen LogP contribution >= 0.6 is 0 Å². The van der Waals surface area contributed by atoms with E-state index < -0.39 is 24.0 Å². The summed E-state index contributed by atoms with van der Waals surface area (Å²) < 4.78 is 5.36. The van der Waals surface area contributed by atoms with Crippen molar-refractivity contribution in [1.82, 2.24) is 0 Å². The van der Waals surface area contributed by atoms with Gasteiger partial charge in [0.15, 0.2) is 12.2 Å². The minimum Gasteiger partial charge on any atom is -0.384 e. The molecule has 1 aliphatic rings. The van der Waals surface area contributed by atoms with E-state index in [-0.39, 0.29) is 19.0 Å². The highest BCUT2D eigenvalue weighted by atomic mass is 16.5. The number of aliphatic hydroxyl groups excluding tert-OH is 1. The molecule has 3 rings (SSSR count). The Morgan fingerprint density at radius 3 is 2.66 bits per heavy atom. The molecule has 5 N–H and O–H groups in total. The minimum absolute atomic E-state index is 0.105. The van der Waals surface area contributed by atoms with Crippen molar-refractivity contribution in [3.05, 3.63) is 59.7 Å². The van der Waals surface area contributed by atoms with Gasteiger partial charge in [-0.15, -0.1) is 0 Å². The molecule has 2 unspecified atom stereocenters. The number of rotatable bonds is 5. The second-order valence-corrected chi connectivity index (χ2v) is 6.34. The number of morpholine rings is 1.